The van der Waals surface area contributed by atoms with Crippen molar-refractivity contribution >= 4 is 5.71 Å². The molecule has 0 saturated carbocycles. The molecule has 1 unspecified atom stereocenters. The molecule has 1 saturated heterocycles. The molecule has 1 atom stereocenters. The number of nitrogens with one attached hydrogen (secondary N) is 1. The number of nitrogens with zero attached hydrogens (tertiary/aromatic N) is 1. The minimum absolute atomic E-state index is 0.291. The van der Waals surface area contributed by atoms with Gasteiger partial charge in [0.2, 0.25) is 0 Å². The van der Waals surface area contributed by atoms with Crippen molar-refractivity contribution in [2.24, 2.45) is 10.9 Å². The number of oxime groups is 1. The number of hydrogen-bond donors (Lipinski definition) is 2. The SMILES string of the molecule is CCO/N=C1/CNCCC1(C)N. The van der Waals surface area contributed by atoms with Gasteiger partial charge in [0.25, 0.3) is 0 Å². The first-order valence-corrected chi connectivity index (χ1v) is 4.35. The van der Waals surface area contributed by atoms with Crippen LogP contribution < -0.4 is 11.1 Å². The fourth-order valence-corrected chi connectivity index (χ4v) is 1.18. The first-order chi connectivity index (χ1) is 5.67. The summed E-state index contributed by atoms with van der Waals surface area (Å²) in [6.07, 6.45) is 0.916. The molecular formula is C8H17N3O. The largest absolute Gasteiger partial charge is 0.396 e. The summed E-state index contributed by atoms with van der Waals surface area (Å²) in [6, 6.07) is 0. The summed E-state index contributed by atoms with van der Waals surface area (Å²) in [5.74, 6) is 0. The van der Waals surface area contributed by atoms with E-state index in [2.05, 4.69) is 10.5 Å². The quantitative estimate of drug-likeness (QED) is 0.579. The predicted molar refractivity (Wildman–Crippen MR) is 49.1 cm³/mol. The second-order valence-corrected chi connectivity index (χ2v) is 3.30. The third-order valence-corrected chi connectivity index (χ3v) is 2.08. The molecular weight excluding hydrogens is 154 g/mol. The molecule has 0 aliphatic carbocycles. The Labute approximate surface area is 73.1 Å². The lowest BCUT2D eigenvalue weighted by atomic mass is 9.90. The smallest absolute Gasteiger partial charge is 0.114 e. The van der Waals surface area contributed by atoms with Gasteiger partial charge in [0.1, 0.15) is 6.61 Å². The van der Waals surface area contributed by atoms with Crippen LogP contribution in [0.1, 0.15) is 20.3 Å². The van der Waals surface area contributed by atoms with Crippen LogP contribution in [0, 0.1) is 0 Å². The zero-order chi connectivity index (χ0) is 9.03. The van der Waals surface area contributed by atoms with Gasteiger partial charge >= 0.3 is 0 Å². The second kappa shape index (κ2) is 3.87. The zero-order valence-electron chi connectivity index (χ0n) is 7.76. The third-order valence-electron chi connectivity index (χ3n) is 2.08. The van der Waals surface area contributed by atoms with Gasteiger partial charge in [-0.1, -0.05) is 5.16 Å². The summed E-state index contributed by atoms with van der Waals surface area (Å²) in [5, 5.41) is 7.19. The summed E-state index contributed by atoms with van der Waals surface area (Å²) in [4.78, 5) is 4.98. The van der Waals surface area contributed by atoms with Crippen LogP contribution in [0.25, 0.3) is 0 Å². The lowest BCUT2D eigenvalue weighted by molar-refractivity contribution is 0.155. The summed E-state index contributed by atoms with van der Waals surface area (Å²) in [6.45, 7) is 6.20. The Bertz CT molecular complexity index is 177. The highest BCUT2D eigenvalue weighted by atomic mass is 16.6. The maximum Gasteiger partial charge on any atom is 0.114 e. The van der Waals surface area contributed by atoms with E-state index in [0.29, 0.717) is 6.61 Å². The summed E-state index contributed by atoms with van der Waals surface area (Å²) in [7, 11) is 0. The highest BCUT2D eigenvalue weighted by molar-refractivity contribution is 5.94. The molecule has 1 fully saturated rings. The van der Waals surface area contributed by atoms with Gasteiger partial charge in [-0.2, -0.15) is 0 Å². The van der Waals surface area contributed by atoms with Crippen LogP contribution in [0.4, 0.5) is 0 Å². The molecule has 3 N–H and O–H groups in total. The molecule has 1 aliphatic heterocycles. The Kier molecular flexibility index (Phi) is 3.05. The van der Waals surface area contributed by atoms with E-state index in [4.69, 9.17) is 10.6 Å². The first kappa shape index (κ1) is 9.48. The molecule has 0 radical (unpaired) electrons. The highest BCUT2D eigenvalue weighted by Crippen LogP contribution is 2.11. The molecule has 1 rings (SSSR count). The number of rotatable bonds is 2. The molecule has 4 nitrogen and oxygen atoms in total. The minimum Gasteiger partial charge on any atom is -0.396 e. The van der Waals surface area contributed by atoms with Gasteiger partial charge in [0, 0.05) is 6.54 Å². The molecule has 0 spiro atoms. The van der Waals surface area contributed by atoms with Gasteiger partial charge < -0.3 is 15.9 Å². The van der Waals surface area contributed by atoms with Gasteiger partial charge in [0.15, 0.2) is 0 Å². The molecule has 0 amide bonds. The van der Waals surface area contributed by atoms with Crippen molar-refractivity contribution in [3.05, 3.63) is 0 Å². The van der Waals surface area contributed by atoms with Crippen molar-refractivity contribution in [1.82, 2.24) is 5.32 Å². The van der Waals surface area contributed by atoms with Crippen LogP contribution in [0.5, 0.6) is 0 Å². The van der Waals surface area contributed by atoms with Crippen LogP contribution in [0.2, 0.25) is 0 Å². The molecule has 4 heteroatoms. The van der Waals surface area contributed by atoms with E-state index in [9.17, 15) is 0 Å². The van der Waals surface area contributed by atoms with Crippen molar-refractivity contribution in [3.8, 4) is 0 Å². The van der Waals surface area contributed by atoms with E-state index >= 15 is 0 Å². The van der Waals surface area contributed by atoms with Crippen molar-refractivity contribution < 1.29 is 4.84 Å². The second-order valence-electron chi connectivity index (χ2n) is 3.30. The molecule has 0 aromatic carbocycles. The molecule has 0 aromatic rings. The van der Waals surface area contributed by atoms with Crippen molar-refractivity contribution in [1.29, 1.82) is 0 Å². The van der Waals surface area contributed by atoms with Gasteiger partial charge in [-0.15, -0.1) is 0 Å². The van der Waals surface area contributed by atoms with Crippen molar-refractivity contribution in [3.63, 3.8) is 0 Å². The number of piperidine rings is 1. The summed E-state index contributed by atoms with van der Waals surface area (Å²) < 4.78 is 0. The maximum atomic E-state index is 6.01. The van der Waals surface area contributed by atoms with Gasteiger partial charge in [-0.3, -0.25) is 0 Å². The Hall–Kier alpha value is -0.610. The van der Waals surface area contributed by atoms with E-state index in [1.165, 1.54) is 0 Å². The van der Waals surface area contributed by atoms with E-state index in [-0.39, 0.29) is 5.54 Å². The Morgan fingerprint density at radius 2 is 2.50 bits per heavy atom. The molecule has 1 aliphatic rings. The number of hydrogen-bond acceptors (Lipinski definition) is 4. The zero-order valence-corrected chi connectivity index (χ0v) is 7.76. The Morgan fingerprint density at radius 1 is 1.75 bits per heavy atom. The predicted octanol–water partition coefficient (Wildman–Crippen LogP) is 0.0896. The van der Waals surface area contributed by atoms with Crippen LogP contribution in [-0.4, -0.2) is 30.9 Å². The van der Waals surface area contributed by atoms with Crippen LogP contribution >= 0.6 is 0 Å². The molecule has 0 aromatic heterocycles. The standard InChI is InChI=1S/C8H17N3O/c1-3-12-11-7-6-10-5-4-8(7,2)9/h10H,3-6,9H2,1-2H3/b11-7-. The molecule has 12 heavy (non-hydrogen) atoms. The third kappa shape index (κ3) is 2.19. The number of nitrogens with two attached hydrogens (primary N) is 1. The van der Waals surface area contributed by atoms with E-state index < -0.39 is 0 Å². The van der Waals surface area contributed by atoms with E-state index in [0.717, 1.165) is 25.2 Å². The summed E-state index contributed by atoms with van der Waals surface area (Å²) >= 11 is 0. The Balaban J connectivity index is 2.59. The topological polar surface area (TPSA) is 59.6 Å². The van der Waals surface area contributed by atoms with Crippen LogP contribution in [0.15, 0.2) is 5.16 Å². The normalized spacial score (nSPS) is 33.8. The first-order valence-electron chi connectivity index (χ1n) is 4.35. The maximum absolute atomic E-state index is 6.01. The summed E-state index contributed by atoms with van der Waals surface area (Å²) in [5.41, 5.74) is 6.63. The van der Waals surface area contributed by atoms with E-state index in [1.807, 2.05) is 13.8 Å². The lowest BCUT2D eigenvalue weighted by Gasteiger charge is -2.30. The average Bonchev–Trinajstić information content (AvgIpc) is 2.02. The fourth-order valence-electron chi connectivity index (χ4n) is 1.18. The van der Waals surface area contributed by atoms with Crippen LogP contribution in [-0.2, 0) is 4.84 Å². The monoisotopic (exact) mass is 171 g/mol. The highest BCUT2D eigenvalue weighted by Gasteiger charge is 2.29. The van der Waals surface area contributed by atoms with Crippen molar-refractivity contribution in [2.75, 3.05) is 19.7 Å². The van der Waals surface area contributed by atoms with Crippen LogP contribution in [0.3, 0.4) is 0 Å². The minimum atomic E-state index is -0.291. The van der Waals surface area contributed by atoms with Gasteiger partial charge in [-0.25, -0.2) is 0 Å². The molecule has 70 valence electrons. The molecule has 1 heterocycles. The molecule has 0 bridgehead atoms. The van der Waals surface area contributed by atoms with Gasteiger partial charge in [-0.05, 0) is 26.8 Å². The fraction of sp³-hybridized carbons (Fsp3) is 0.875. The Morgan fingerprint density at radius 3 is 3.08 bits per heavy atom. The van der Waals surface area contributed by atoms with Crippen molar-refractivity contribution in [2.45, 2.75) is 25.8 Å². The average molecular weight is 171 g/mol. The lowest BCUT2D eigenvalue weighted by Crippen LogP contribution is -2.55. The van der Waals surface area contributed by atoms with E-state index in [1.54, 1.807) is 0 Å². The van der Waals surface area contributed by atoms with Gasteiger partial charge in [0.05, 0.1) is 11.3 Å².